The van der Waals surface area contributed by atoms with E-state index in [0.717, 1.165) is 5.56 Å². The molecule has 1 amide bonds. The third-order valence-electron chi connectivity index (χ3n) is 4.09. The molecule has 1 saturated heterocycles. The number of halogens is 3. The van der Waals surface area contributed by atoms with Gasteiger partial charge in [0.05, 0.1) is 28.5 Å². The Labute approximate surface area is 173 Å². The van der Waals surface area contributed by atoms with Crippen molar-refractivity contribution in [3.8, 4) is 0 Å². The van der Waals surface area contributed by atoms with E-state index >= 15 is 0 Å². The van der Waals surface area contributed by atoms with Crippen LogP contribution in [0.25, 0.3) is 0 Å². The summed E-state index contributed by atoms with van der Waals surface area (Å²) in [6, 6.07) is 4.12. The highest BCUT2D eigenvalue weighted by molar-refractivity contribution is 7.92. The molecular weight excluding hydrogens is 459 g/mol. The Morgan fingerprint density at radius 1 is 1.11 bits per heavy atom. The molecule has 0 aromatic heterocycles. The summed E-state index contributed by atoms with van der Waals surface area (Å²) < 4.78 is 49.1. The van der Waals surface area contributed by atoms with Crippen molar-refractivity contribution in [2.45, 2.75) is 40.5 Å². The van der Waals surface area contributed by atoms with Gasteiger partial charge in [-0.05, 0) is 23.6 Å². The SMILES string of the molecule is CC(C)c1ccc(S(=O)(=O)N[C@H]2CS(=O)(=O)C[C@@H]2NC(=O)C(Cl)(Cl)Cl)cc1. The Hall–Kier alpha value is -0.580. The summed E-state index contributed by atoms with van der Waals surface area (Å²) in [5.74, 6) is -1.73. The van der Waals surface area contributed by atoms with E-state index in [-0.39, 0.29) is 10.8 Å². The Bertz CT molecular complexity index is 910. The smallest absolute Gasteiger partial charge is 0.272 e. The number of alkyl halides is 3. The van der Waals surface area contributed by atoms with E-state index in [4.69, 9.17) is 34.8 Å². The fourth-order valence-corrected chi connectivity index (χ4v) is 6.06. The van der Waals surface area contributed by atoms with Gasteiger partial charge in [-0.1, -0.05) is 60.8 Å². The first-order valence-electron chi connectivity index (χ1n) is 7.92. The zero-order chi connectivity index (χ0) is 20.6. The second kappa shape index (κ2) is 8.04. The maximum atomic E-state index is 12.6. The van der Waals surface area contributed by atoms with Crippen molar-refractivity contribution in [3.05, 3.63) is 29.8 Å². The first kappa shape index (κ1) is 22.7. The molecular formula is C15H19Cl3N2O5S2. The lowest BCUT2D eigenvalue weighted by Gasteiger charge is -2.22. The van der Waals surface area contributed by atoms with E-state index in [2.05, 4.69) is 10.0 Å². The normalized spacial score (nSPS) is 22.7. The average Bonchev–Trinajstić information content (AvgIpc) is 2.79. The lowest BCUT2D eigenvalue weighted by Crippen LogP contribution is -2.53. The predicted octanol–water partition coefficient (Wildman–Crippen LogP) is 1.74. The molecule has 2 atom stereocenters. The van der Waals surface area contributed by atoms with E-state index in [1.54, 1.807) is 12.1 Å². The molecule has 1 aliphatic rings. The molecule has 1 aromatic carbocycles. The van der Waals surface area contributed by atoms with Crippen LogP contribution in [0.5, 0.6) is 0 Å². The number of carbonyl (C=O) groups is 1. The largest absolute Gasteiger partial charge is 0.347 e. The minimum absolute atomic E-state index is 0.0114. The van der Waals surface area contributed by atoms with Gasteiger partial charge in [-0.3, -0.25) is 4.79 Å². The molecule has 2 N–H and O–H groups in total. The number of rotatable bonds is 5. The summed E-state index contributed by atoms with van der Waals surface area (Å²) in [4.78, 5) is 11.8. The average molecular weight is 478 g/mol. The number of sulfonamides is 1. The van der Waals surface area contributed by atoms with Gasteiger partial charge >= 0.3 is 0 Å². The highest BCUT2D eigenvalue weighted by atomic mass is 35.6. The molecule has 12 heteroatoms. The van der Waals surface area contributed by atoms with Crippen LogP contribution in [0.2, 0.25) is 0 Å². The van der Waals surface area contributed by atoms with Crippen LogP contribution in [0.4, 0.5) is 0 Å². The standard InChI is InChI=1S/C15H19Cl3N2O5S2/c1-9(2)10-3-5-11(6-4-10)27(24,25)20-13-8-26(22,23)7-12(13)19-14(21)15(16,17)18/h3-6,9,12-13,20H,7-8H2,1-2H3,(H,19,21)/t12-,13-/m0/s1. The van der Waals surface area contributed by atoms with Crippen molar-refractivity contribution < 1.29 is 21.6 Å². The maximum Gasteiger partial charge on any atom is 0.272 e. The summed E-state index contributed by atoms with van der Waals surface area (Å²) in [5.41, 5.74) is 0.963. The highest BCUT2D eigenvalue weighted by Crippen LogP contribution is 2.27. The molecule has 0 unspecified atom stereocenters. The third-order valence-corrected chi connectivity index (χ3v) is 7.84. The number of hydrogen-bond acceptors (Lipinski definition) is 5. The Balaban J connectivity index is 2.22. The molecule has 1 aliphatic heterocycles. The zero-order valence-corrected chi connectivity index (χ0v) is 18.3. The van der Waals surface area contributed by atoms with Crippen LogP contribution in [0.3, 0.4) is 0 Å². The monoisotopic (exact) mass is 476 g/mol. The minimum Gasteiger partial charge on any atom is -0.347 e. The molecule has 0 bridgehead atoms. The van der Waals surface area contributed by atoms with Gasteiger partial charge in [-0.15, -0.1) is 0 Å². The van der Waals surface area contributed by atoms with Gasteiger partial charge in [0.15, 0.2) is 9.84 Å². The van der Waals surface area contributed by atoms with Crippen molar-refractivity contribution in [1.82, 2.24) is 10.0 Å². The van der Waals surface area contributed by atoms with Gasteiger partial charge < -0.3 is 5.32 Å². The summed E-state index contributed by atoms with van der Waals surface area (Å²) in [7, 11) is -7.58. The molecule has 0 aliphatic carbocycles. The van der Waals surface area contributed by atoms with Gasteiger partial charge in [0.1, 0.15) is 0 Å². The van der Waals surface area contributed by atoms with Crippen LogP contribution in [0, 0.1) is 0 Å². The fraction of sp³-hybridized carbons (Fsp3) is 0.533. The lowest BCUT2D eigenvalue weighted by molar-refractivity contribution is -0.120. The quantitative estimate of drug-likeness (QED) is 0.628. The van der Waals surface area contributed by atoms with Gasteiger partial charge in [-0.2, -0.15) is 0 Å². The third kappa shape index (κ3) is 5.95. The first-order chi connectivity index (χ1) is 12.2. The number of carbonyl (C=O) groups excluding carboxylic acids is 1. The molecule has 2 rings (SSSR count). The second-order valence-electron chi connectivity index (χ2n) is 6.61. The van der Waals surface area contributed by atoms with Crippen LogP contribution < -0.4 is 10.0 Å². The number of benzene rings is 1. The predicted molar refractivity (Wildman–Crippen MR) is 106 cm³/mol. The van der Waals surface area contributed by atoms with E-state index in [9.17, 15) is 21.6 Å². The molecule has 1 fully saturated rings. The minimum atomic E-state index is -4.01. The van der Waals surface area contributed by atoms with Crippen LogP contribution >= 0.6 is 34.8 Å². The molecule has 152 valence electrons. The van der Waals surface area contributed by atoms with E-state index in [1.807, 2.05) is 13.8 Å². The second-order valence-corrected chi connectivity index (χ2v) is 12.8. The van der Waals surface area contributed by atoms with Crippen LogP contribution in [-0.2, 0) is 24.7 Å². The molecule has 1 heterocycles. The highest BCUT2D eigenvalue weighted by Gasteiger charge is 2.43. The molecule has 7 nitrogen and oxygen atoms in total. The summed E-state index contributed by atoms with van der Waals surface area (Å²) in [5, 5.41) is 2.28. The van der Waals surface area contributed by atoms with Crippen molar-refractivity contribution in [2.75, 3.05) is 11.5 Å². The molecule has 27 heavy (non-hydrogen) atoms. The summed E-state index contributed by atoms with van der Waals surface area (Å²) >= 11 is 16.4. The zero-order valence-electron chi connectivity index (χ0n) is 14.4. The molecule has 0 spiro atoms. The fourth-order valence-electron chi connectivity index (χ4n) is 2.66. The van der Waals surface area contributed by atoms with Gasteiger partial charge in [0.2, 0.25) is 10.0 Å². The number of amides is 1. The number of sulfone groups is 1. The lowest BCUT2D eigenvalue weighted by atomic mass is 10.0. The topological polar surface area (TPSA) is 109 Å². The summed E-state index contributed by atoms with van der Waals surface area (Å²) in [6.07, 6.45) is 0. The van der Waals surface area contributed by atoms with Crippen LogP contribution in [-0.4, -0.2) is 50.1 Å². The van der Waals surface area contributed by atoms with Crippen molar-refractivity contribution in [1.29, 1.82) is 0 Å². The Morgan fingerprint density at radius 2 is 1.63 bits per heavy atom. The number of nitrogens with one attached hydrogen (secondary N) is 2. The Morgan fingerprint density at radius 3 is 2.11 bits per heavy atom. The van der Waals surface area contributed by atoms with E-state index in [1.165, 1.54) is 12.1 Å². The maximum absolute atomic E-state index is 12.6. The van der Waals surface area contributed by atoms with Crippen molar-refractivity contribution >= 4 is 60.6 Å². The Kier molecular flexibility index (Phi) is 6.76. The van der Waals surface area contributed by atoms with Gasteiger partial charge in [0.25, 0.3) is 9.70 Å². The van der Waals surface area contributed by atoms with E-state index < -0.39 is 53.1 Å². The van der Waals surface area contributed by atoms with Crippen LogP contribution in [0.1, 0.15) is 25.3 Å². The molecule has 0 saturated carbocycles. The van der Waals surface area contributed by atoms with Gasteiger partial charge in [0, 0.05) is 0 Å². The van der Waals surface area contributed by atoms with Gasteiger partial charge in [-0.25, -0.2) is 21.6 Å². The number of hydrogen-bond donors (Lipinski definition) is 2. The van der Waals surface area contributed by atoms with E-state index in [0.29, 0.717) is 0 Å². The van der Waals surface area contributed by atoms with Crippen molar-refractivity contribution in [2.24, 2.45) is 0 Å². The van der Waals surface area contributed by atoms with Crippen LogP contribution in [0.15, 0.2) is 29.2 Å². The first-order valence-corrected chi connectivity index (χ1v) is 12.4. The summed E-state index contributed by atoms with van der Waals surface area (Å²) in [6.45, 7) is 3.95. The van der Waals surface area contributed by atoms with Crippen molar-refractivity contribution in [3.63, 3.8) is 0 Å². The molecule has 1 aromatic rings. The molecule has 0 radical (unpaired) electrons.